The van der Waals surface area contributed by atoms with Gasteiger partial charge in [0.05, 0.1) is 11.0 Å². The molecule has 8 aromatic carbocycles. The Bertz CT molecular complexity index is 2650. The van der Waals surface area contributed by atoms with Crippen molar-refractivity contribution in [1.82, 2.24) is 9.40 Å². The number of para-hydroxylation sites is 2. The summed E-state index contributed by atoms with van der Waals surface area (Å²) in [6, 6.07) is 69.9. The van der Waals surface area contributed by atoms with E-state index in [1.807, 2.05) is 54.6 Å². The van der Waals surface area contributed by atoms with Crippen LogP contribution in [0.5, 0.6) is 0 Å². The van der Waals surface area contributed by atoms with Gasteiger partial charge < -0.3 is 29.4 Å². The van der Waals surface area contributed by atoms with E-state index in [1.165, 1.54) is 63.2 Å². The third-order valence-electron chi connectivity index (χ3n) is 9.23. The number of benzene rings is 8. The Hall–Kier alpha value is -2.99. The molecule has 0 spiro atoms. The van der Waals surface area contributed by atoms with Gasteiger partial charge in [-0.05, 0) is 114 Å². The number of rotatable bonds is 10. The first-order valence-corrected chi connectivity index (χ1v) is 19.3. The average Bonchev–Trinajstić information content (AvgIpc) is 3.60. The molecule has 292 valence electrons. The summed E-state index contributed by atoms with van der Waals surface area (Å²) in [5, 5.41) is 9.16. The minimum Gasteiger partial charge on any atom is -0.441 e. The fourth-order valence-electron chi connectivity index (χ4n) is 6.67. The number of nitrogens with zero attached hydrogens (tertiary/aromatic N) is 2. The number of hydroxylamine groups is 1. The summed E-state index contributed by atoms with van der Waals surface area (Å²) in [5.74, 6) is -0.231. The zero-order valence-corrected chi connectivity index (χ0v) is 47.8. The molecule has 0 saturated carbocycles. The first-order valence-electron chi connectivity index (χ1n) is 18.9. The van der Waals surface area contributed by atoms with Crippen molar-refractivity contribution in [2.45, 2.75) is 0 Å². The van der Waals surface area contributed by atoms with Crippen molar-refractivity contribution >= 4 is 60.4 Å². The van der Waals surface area contributed by atoms with Crippen LogP contribution in [-0.2, 0) is 14.7 Å². The van der Waals surface area contributed by atoms with E-state index in [4.69, 9.17) is 0 Å². The number of nitrogens with one attached hydrogen (secondary N) is 2. The Labute approximate surface area is 476 Å². The first kappa shape index (κ1) is 49.0. The zero-order chi connectivity index (χ0) is 40.8. The van der Waals surface area contributed by atoms with E-state index in [0.29, 0.717) is 0 Å². The summed E-state index contributed by atoms with van der Waals surface area (Å²) in [4.78, 5) is 18.2. The van der Waals surface area contributed by atoms with Gasteiger partial charge in [-0.2, -0.15) is 0 Å². The number of hydrogen-bond donors (Lipinski definition) is 2. The minimum atomic E-state index is -0.231. The normalized spacial score (nSPS) is 10.2. The van der Waals surface area contributed by atoms with Crippen molar-refractivity contribution in [3.05, 3.63) is 212 Å². The Morgan fingerprint density at radius 3 is 1.36 bits per heavy atom. The number of halogens is 1. The van der Waals surface area contributed by atoms with Crippen molar-refractivity contribution in [2.24, 2.45) is 0 Å². The standard InChI is InChI=1S/C36H26N2.C12H10FN.C2H5NO3P.2Cs/c1-4-11-26(12-5-1)28-19-21-35-33(23-28)34-24-29(27-13-6-2-7-14-27)20-22-36(34)38(35)32-18-10-17-31(25-32)37-30-15-8-3-9-16-30;13-10-5-4-8-12(9-10)14-11-6-2-1-3-7-11;1-3(7)6-5-2-4;;/h1-25,37H;1-9,14H;2,7H,1H3;;/q;;-1;2*+1. The van der Waals surface area contributed by atoms with Gasteiger partial charge in [-0.3, -0.25) is 9.68 Å². The predicted molar refractivity (Wildman–Crippen MR) is 242 cm³/mol. The van der Waals surface area contributed by atoms with Gasteiger partial charge in [0.1, 0.15) is 5.82 Å². The van der Waals surface area contributed by atoms with Crippen LogP contribution in [0.3, 0.4) is 0 Å². The topological polar surface area (TPSA) is 67.8 Å². The number of fused-ring (bicyclic) bond motifs is 3. The number of anilines is 4. The van der Waals surface area contributed by atoms with Crippen LogP contribution >= 0.6 is 9.39 Å². The van der Waals surface area contributed by atoms with Crippen molar-refractivity contribution in [2.75, 3.05) is 17.7 Å². The van der Waals surface area contributed by atoms with E-state index in [0.717, 1.165) is 33.3 Å². The fourth-order valence-corrected chi connectivity index (χ4v) is 6.71. The van der Waals surface area contributed by atoms with Crippen molar-refractivity contribution in [1.29, 1.82) is 0 Å². The van der Waals surface area contributed by atoms with Crippen molar-refractivity contribution in [3.63, 3.8) is 0 Å². The van der Waals surface area contributed by atoms with E-state index in [-0.39, 0.29) is 150 Å². The maximum atomic E-state index is 12.8. The quantitative estimate of drug-likeness (QED) is 0.0644. The van der Waals surface area contributed by atoms with Gasteiger partial charge in [0, 0.05) is 39.2 Å². The average molecular weight is 1060 g/mol. The second-order valence-corrected chi connectivity index (χ2v) is 14.0. The third-order valence-corrected chi connectivity index (χ3v) is 9.30. The van der Waals surface area contributed by atoms with Crippen LogP contribution in [0, 0.1) is 5.82 Å². The van der Waals surface area contributed by atoms with Gasteiger partial charge in [-0.25, -0.2) is 4.39 Å². The van der Waals surface area contributed by atoms with Gasteiger partial charge in [0.15, 0.2) is 0 Å². The summed E-state index contributed by atoms with van der Waals surface area (Å²) in [7, 11) is 4.36. The molecule has 0 fully saturated rings. The molecule has 0 atom stereocenters. The molecule has 2 N–H and O–H groups in total. The third kappa shape index (κ3) is 14.0. The number of carbonyl (C=O) groups excluding carboxylic acids is 1. The Morgan fingerprint density at radius 1 is 0.508 bits per heavy atom. The van der Waals surface area contributed by atoms with Crippen LogP contribution in [0.2, 0.25) is 0 Å². The molecule has 0 radical (unpaired) electrons. The van der Waals surface area contributed by atoms with Gasteiger partial charge in [0.2, 0.25) is 0 Å². The monoisotopic (exact) mass is 1060 g/mol. The molecule has 0 aliphatic heterocycles. The van der Waals surface area contributed by atoms with Crippen LogP contribution in [0.25, 0.3) is 49.7 Å². The summed E-state index contributed by atoms with van der Waals surface area (Å²) < 4.78 is 15.2. The predicted octanol–water partition coefficient (Wildman–Crippen LogP) is 7.43. The smallest absolute Gasteiger partial charge is 0.441 e. The van der Waals surface area contributed by atoms with Gasteiger partial charge >= 0.3 is 144 Å². The molecule has 11 heteroatoms. The minimum absolute atomic E-state index is 0. The molecule has 9 aromatic rings. The fraction of sp³-hybridized carbons (Fsp3) is 0.0200. The second kappa shape index (κ2) is 25.3. The van der Waals surface area contributed by atoms with Gasteiger partial charge in [-0.15, -0.1) is 4.99 Å². The molecule has 7 nitrogen and oxygen atoms in total. The molecule has 1 heterocycles. The zero-order valence-electron chi connectivity index (χ0n) is 34.2. The number of carbonyl (C=O) groups is 1. The van der Waals surface area contributed by atoms with Crippen LogP contribution in [0.4, 0.5) is 27.1 Å². The molecule has 0 aliphatic rings. The van der Waals surface area contributed by atoms with Gasteiger partial charge in [0.25, 0.3) is 0 Å². The summed E-state index contributed by atoms with van der Waals surface area (Å²) in [6.45, 7) is 0.177. The van der Waals surface area contributed by atoms with Crippen LogP contribution in [-0.4, -0.2) is 22.9 Å². The molecule has 1 aromatic heterocycles. The van der Waals surface area contributed by atoms with Crippen LogP contribution in [0.15, 0.2) is 206 Å². The number of hydrogen-bond acceptors (Lipinski definition) is 6. The largest absolute Gasteiger partial charge is 1.00 e. The molecule has 0 aliphatic carbocycles. The van der Waals surface area contributed by atoms with Gasteiger partial charge in [-0.1, -0.05) is 121 Å². The van der Waals surface area contributed by atoms with Crippen molar-refractivity contribution < 1.29 is 157 Å². The Balaban J connectivity index is 0.000000254. The molecular formula is C50H41Cs2FN4O3P+. The molecule has 0 amide bonds. The second-order valence-electron chi connectivity index (χ2n) is 13.3. The summed E-state index contributed by atoms with van der Waals surface area (Å²) >= 11 is 0. The van der Waals surface area contributed by atoms with E-state index >= 15 is 0 Å². The molecule has 0 saturated heterocycles. The summed E-state index contributed by atoms with van der Waals surface area (Å²) in [6.07, 6.45) is 0. The molecule has 61 heavy (non-hydrogen) atoms. The van der Waals surface area contributed by atoms with E-state index in [9.17, 15) is 9.18 Å². The Morgan fingerprint density at radius 2 is 0.934 bits per heavy atom. The molecular weight excluding hydrogens is 1020 g/mol. The number of aromatic nitrogens is 1. The van der Waals surface area contributed by atoms with E-state index < -0.39 is 0 Å². The van der Waals surface area contributed by atoms with E-state index in [2.05, 4.69) is 168 Å². The van der Waals surface area contributed by atoms with Crippen LogP contribution in [0.1, 0.15) is 0 Å². The summed E-state index contributed by atoms with van der Waals surface area (Å²) in [5.41, 5.74) is 12.3. The SMILES string of the molecule is CN([PH-])OOC=O.Fc1cccc(Nc2ccccc2)c1.[Cs+].[Cs+].c1ccc(Nc2cccc(-n3c4ccc(-c5ccccc5)cc4c4cc(-c5ccccc5)ccc43)c2)cc1. The maximum Gasteiger partial charge on any atom is 1.00 e. The first-order chi connectivity index (χ1) is 28.9. The molecule has 0 unspecified atom stereocenters. The molecule has 0 bridgehead atoms. The molecule has 9 rings (SSSR count). The Kier molecular flexibility index (Phi) is 20.4. The van der Waals surface area contributed by atoms with Crippen molar-refractivity contribution in [3.8, 4) is 27.9 Å². The van der Waals surface area contributed by atoms with Crippen LogP contribution < -0.4 is 148 Å². The van der Waals surface area contributed by atoms with E-state index in [1.54, 1.807) is 6.07 Å². The maximum absolute atomic E-state index is 12.8.